The molecule has 0 aromatic carbocycles. The van der Waals surface area contributed by atoms with Gasteiger partial charge in [0, 0.05) is 28.7 Å². The van der Waals surface area contributed by atoms with E-state index in [1.165, 1.54) is 6.92 Å². The van der Waals surface area contributed by atoms with E-state index in [0.717, 1.165) is 44.2 Å². The summed E-state index contributed by atoms with van der Waals surface area (Å²) in [5, 5.41) is 14.7. The summed E-state index contributed by atoms with van der Waals surface area (Å²) >= 11 is 0. The molecule has 0 radical (unpaired) electrons. The van der Waals surface area contributed by atoms with Crippen molar-refractivity contribution < 1.29 is 33.7 Å². The fraction of sp³-hybridized carbons (Fsp3) is 0.878. The Bertz CT molecular complexity index is 1340. The topological polar surface area (TPSA) is 111 Å². The van der Waals surface area contributed by atoms with E-state index in [1.807, 2.05) is 13.0 Å². The highest BCUT2D eigenvalue weighted by molar-refractivity contribution is 6.00. The summed E-state index contributed by atoms with van der Waals surface area (Å²) in [6, 6.07) is 0. The molecule has 2 N–H and O–H groups in total. The lowest BCUT2D eigenvalue weighted by Crippen LogP contribution is -2.71. The first-order chi connectivity index (χ1) is 22.7. The fourth-order valence-corrected chi connectivity index (χ4v) is 12.1. The molecule has 5 rings (SSSR count). The van der Waals surface area contributed by atoms with Crippen LogP contribution in [0.2, 0.25) is 0 Å². The lowest BCUT2D eigenvalue weighted by Gasteiger charge is -2.70. The second-order valence-corrected chi connectivity index (χ2v) is 18.8. The van der Waals surface area contributed by atoms with Crippen LogP contribution in [0.5, 0.6) is 0 Å². The Kier molecular flexibility index (Phi) is 10.2. The number of ketones is 1. The molecule has 1 heterocycles. The number of carboxylic acids is 1. The Morgan fingerprint density at radius 1 is 1.08 bits per heavy atom. The van der Waals surface area contributed by atoms with Crippen LogP contribution in [-0.2, 0) is 28.6 Å². The molecule has 1 saturated heterocycles. The van der Waals surface area contributed by atoms with Crippen molar-refractivity contribution >= 4 is 17.7 Å². The summed E-state index contributed by atoms with van der Waals surface area (Å²) < 4.78 is 19.7. The van der Waals surface area contributed by atoms with Crippen molar-refractivity contribution in [1.82, 2.24) is 5.32 Å². The molecule has 3 saturated carbocycles. The number of hydrogen-bond donors (Lipinski definition) is 2. The molecule has 8 heteroatoms. The second-order valence-electron chi connectivity index (χ2n) is 18.8. The minimum absolute atomic E-state index is 0.0380. The first-order valence-electron chi connectivity index (χ1n) is 19.3. The van der Waals surface area contributed by atoms with Gasteiger partial charge in [0.1, 0.15) is 12.2 Å². The van der Waals surface area contributed by atoms with E-state index in [-0.39, 0.29) is 41.1 Å². The molecule has 0 aromatic heterocycles. The van der Waals surface area contributed by atoms with Crippen LogP contribution in [0.4, 0.5) is 0 Å². The molecular formula is C41H67NO7. The lowest BCUT2D eigenvalue weighted by molar-refractivity contribution is -0.268. The van der Waals surface area contributed by atoms with Crippen LogP contribution in [0.15, 0.2) is 11.6 Å². The van der Waals surface area contributed by atoms with Gasteiger partial charge in [-0.25, -0.2) is 0 Å². The van der Waals surface area contributed by atoms with Gasteiger partial charge < -0.3 is 24.6 Å². The molecule has 8 nitrogen and oxygen atoms in total. The molecule has 5 aliphatic rings. The van der Waals surface area contributed by atoms with Gasteiger partial charge in [0.2, 0.25) is 0 Å². The number of rotatable bonds is 11. The third-order valence-corrected chi connectivity index (χ3v) is 15.9. The summed E-state index contributed by atoms with van der Waals surface area (Å²) in [7, 11) is 0. The zero-order valence-corrected chi connectivity index (χ0v) is 32.7. The van der Waals surface area contributed by atoms with E-state index in [2.05, 4.69) is 74.6 Å². The van der Waals surface area contributed by atoms with Crippen molar-refractivity contribution in [1.29, 1.82) is 0 Å². The van der Waals surface area contributed by atoms with Crippen LogP contribution >= 0.6 is 0 Å². The monoisotopic (exact) mass is 685 g/mol. The van der Waals surface area contributed by atoms with Gasteiger partial charge in [-0.1, -0.05) is 74.8 Å². The number of fused-ring (bicyclic) bond motifs is 3. The molecule has 1 aliphatic heterocycles. The normalized spacial score (nSPS) is 43.5. The van der Waals surface area contributed by atoms with Crippen LogP contribution < -0.4 is 5.32 Å². The van der Waals surface area contributed by atoms with E-state index in [9.17, 15) is 19.5 Å². The molecule has 4 aliphatic carbocycles. The van der Waals surface area contributed by atoms with E-state index in [1.54, 1.807) is 0 Å². The molecule has 0 spiro atoms. The zero-order chi connectivity index (χ0) is 36.5. The van der Waals surface area contributed by atoms with Crippen molar-refractivity contribution in [2.75, 3.05) is 26.4 Å². The van der Waals surface area contributed by atoms with Gasteiger partial charge in [0.25, 0.3) is 0 Å². The van der Waals surface area contributed by atoms with Crippen molar-refractivity contribution in [3.05, 3.63) is 11.6 Å². The highest BCUT2D eigenvalue weighted by atomic mass is 16.6. The number of allylic oxidation sites excluding steroid dienone is 1. The van der Waals surface area contributed by atoms with Crippen LogP contribution in [0.1, 0.15) is 122 Å². The van der Waals surface area contributed by atoms with Gasteiger partial charge in [-0.15, -0.1) is 0 Å². The first kappa shape index (κ1) is 38.5. The number of hydrogen-bond acceptors (Lipinski definition) is 7. The third-order valence-electron chi connectivity index (χ3n) is 15.9. The van der Waals surface area contributed by atoms with Gasteiger partial charge in [-0.2, -0.15) is 0 Å². The molecule has 0 unspecified atom stereocenters. The van der Waals surface area contributed by atoms with Gasteiger partial charge in [-0.3, -0.25) is 14.4 Å². The Labute approximate surface area is 296 Å². The van der Waals surface area contributed by atoms with Crippen LogP contribution in [-0.4, -0.2) is 66.9 Å². The van der Waals surface area contributed by atoms with Crippen LogP contribution in [0, 0.1) is 62.6 Å². The number of aliphatic carboxylic acids is 1. The first-order valence-corrected chi connectivity index (χ1v) is 19.3. The maximum atomic E-state index is 14.9. The predicted octanol–water partition coefficient (Wildman–Crippen LogP) is 7.49. The molecule has 49 heavy (non-hydrogen) atoms. The SMILES string of the molecule is CCCN[C@@](C)(CO[C@H]1[C@H](OC(C)=O)C[C@@]23COC[C@]1(C)[C@@H]2CC[C@H]1C3=CC(=O)[C@@]2(C)[C@H](C(=O)O)[C@@](C)([C@H](C)C(C)C)CC[C@]12C)C(C)C. The summed E-state index contributed by atoms with van der Waals surface area (Å²) in [5.74, 6) is -1.07. The smallest absolute Gasteiger partial charge is 0.308 e. The standard InChI is InChI=1S/C41H67NO7/c1-13-18-42-39(11,25(4)5)22-48-34-30(49-27(7)43)20-41-23-47-21-37(34,9)31(41)15-14-28-29(41)19-32(44)40(12)33(35(45)46)36(8,26(6)24(2)3)16-17-38(28,40)10/h19,24-26,28,30-31,33-34,42H,13-18,20-23H2,1-12H3,(H,45,46)/t26-,28+,30-,31+,33-,34+,36-,37-,38-,39+,40+,41+/m1/s1. The van der Waals surface area contributed by atoms with Gasteiger partial charge in [0.15, 0.2) is 5.78 Å². The number of carbonyl (C=O) groups excluding carboxylic acids is 2. The molecule has 0 aromatic rings. The van der Waals surface area contributed by atoms with Crippen molar-refractivity contribution in [2.45, 2.75) is 139 Å². The minimum Gasteiger partial charge on any atom is -0.481 e. The van der Waals surface area contributed by atoms with Gasteiger partial charge >= 0.3 is 11.9 Å². The van der Waals surface area contributed by atoms with Crippen molar-refractivity contribution in [3.63, 3.8) is 0 Å². The summed E-state index contributed by atoms with van der Waals surface area (Å²) in [6.45, 7) is 27.7. The number of nitrogens with one attached hydrogen (secondary N) is 1. The van der Waals surface area contributed by atoms with Crippen LogP contribution in [0.25, 0.3) is 0 Å². The van der Waals surface area contributed by atoms with Crippen LogP contribution in [0.3, 0.4) is 0 Å². The fourth-order valence-electron chi connectivity index (χ4n) is 12.1. The third kappa shape index (κ3) is 5.59. The largest absolute Gasteiger partial charge is 0.481 e. The Morgan fingerprint density at radius 3 is 2.33 bits per heavy atom. The van der Waals surface area contributed by atoms with E-state index in [4.69, 9.17) is 14.2 Å². The molecule has 12 atom stereocenters. The van der Waals surface area contributed by atoms with E-state index < -0.39 is 45.1 Å². The van der Waals surface area contributed by atoms with Gasteiger partial charge in [-0.05, 0) is 98.5 Å². The summed E-state index contributed by atoms with van der Waals surface area (Å²) in [5.41, 5.74) is -2.18. The maximum absolute atomic E-state index is 14.9. The minimum atomic E-state index is -1.05. The second kappa shape index (κ2) is 13.0. The van der Waals surface area contributed by atoms with Crippen molar-refractivity contribution in [3.8, 4) is 0 Å². The summed E-state index contributed by atoms with van der Waals surface area (Å²) in [4.78, 5) is 41.0. The predicted molar refractivity (Wildman–Crippen MR) is 191 cm³/mol. The number of ether oxygens (including phenoxy) is 3. The zero-order valence-electron chi connectivity index (χ0n) is 32.7. The number of carbonyl (C=O) groups is 3. The number of carboxylic acid groups (broad SMARTS) is 1. The Morgan fingerprint density at radius 2 is 1.76 bits per heavy atom. The quantitative estimate of drug-likeness (QED) is 0.215. The molecule has 4 fully saturated rings. The average molecular weight is 686 g/mol. The molecule has 2 bridgehead atoms. The average Bonchev–Trinajstić information content (AvgIpc) is 3.00. The Hall–Kier alpha value is -1.77. The van der Waals surface area contributed by atoms with Crippen molar-refractivity contribution in [2.24, 2.45) is 62.6 Å². The highest BCUT2D eigenvalue weighted by Gasteiger charge is 2.74. The molecule has 0 amide bonds. The summed E-state index contributed by atoms with van der Waals surface area (Å²) in [6.07, 6.45) is 5.96. The Balaban J connectivity index is 1.59. The lowest BCUT2D eigenvalue weighted by atomic mass is 9.34. The number of esters is 1. The highest BCUT2D eigenvalue weighted by Crippen LogP contribution is 2.74. The van der Waals surface area contributed by atoms with E-state index >= 15 is 0 Å². The van der Waals surface area contributed by atoms with Gasteiger partial charge in [0.05, 0.1) is 25.7 Å². The molecule has 278 valence electrons. The molecular weight excluding hydrogens is 618 g/mol. The maximum Gasteiger partial charge on any atom is 0.308 e. The van der Waals surface area contributed by atoms with E-state index in [0.29, 0.717) is 38.1 Å².